The van der Waals surface area contributed by atoms with Crippen molar-refractivity contribution in [2.45, 2.75) is 63.3 Å². The number of rotatable bonds is 5. The molecule has 6 heteroatoms. The van der Waals surface area contributed by atoms with Crippen molar-refractivity contribution < 1.29 is 0 Å². The van der Waals surface area contributed by atoms with Gasteiger partial charge < -0.3 is 4.90 Å². The Balaban J connectivity index is 1.22. The van der Waals surface area contributed by atoms with Crippen LogP contribution in [0, 0.1) is 5.92 Å². The van der Waals surface area contributed by atoms with E-state index in [1.165, 1.54) is 37.8 Å². The molecule has 0 N–H and O–H groups in total. The van der Waals surface area contributed by atoms with Crippen molar-refractivity contribution in [3.8, 4) is 0 Å². The summed E-state index contributed by atoms with van der Waals surface area (Å²) < 4.78 is 1.70. The molecule has 0 aromatic carbocycles. The molecule has 27 heavy (non-hydrogen) atoms. The van der Waals surface area contributed by atoms with E-state index >= 15 is 0 Å². The highest BCUT2D eigenvalue weighted by atomic mass is 16.1. The number of aromatic nitrogens is 4. The SMILES string of the molecule is O=c1ccc(C2CC2)nn1CC1CCN(c2cc(C3CCC3)ncn2)CC1. The average Bonchev–Trinajstić information content (AvgIpc) is 3.48. The van der Waals surface area contributed by atoms with Crippen LogP contribution in [0.3, 0.4) is 0 Å². The summed E-state index contributed by atoms with van der Waals surface area (Å²) in [6.45, 7) is 2.72. The van der Waals surface area contributed by atoms with Crippen LogP contribution < -0.4 is 10.5 Å². The normalized spacial score (nSPS) is 21.3. The summed E-state index contributed by atoms with van der Waals surface area (Å²) in [6, 6.07) is 5.79. The summed E-state index contributed by atoms with van der Waals surface area (Å²) in [7, 11) is 0. The Morgan fingerprint density at radius 2 is 1.70 bits per heavy atom. The fourth-order valence-electron chi connectivity index (χ4n) is 4.24. The topological polar surface area (TPSA) is 63.9 Å². The fourth-order valence-corrected chi connectivity index (χ4v) is 4.24. The zero-order valence-corrected chi connectivity index (χ0v) is 15.8. The van der Waals surface area contributed by atoms with Gasteiger partial charge in [0.1, 0.15) is 12.1 Å². The van der Waals surface area contributed by atoms with Gasteiger partial charge in [0.05, 0.1) is 5.69 Å². The van der Waals surface area contributed by atoms with Crippen LogP contribution >= 0.6 is 0 Å². The van der Waals surface area contributed by atoms with Gasteiger partial charge >= 0.3 is 0 Å². The fraction of sp³-hybridized carbons (Fsp3) is 0.619. The molecule has 5 rings (SSSR count). The molecule has 6 nitrogen and oxygen atoms in total. The van der Waals surface area contributed by atoms with Crippen molar-refractivity contribution >= 4 is 5.82 Å². The minimum absolute atomic E-state index is 0.0303. The van der Waals surface area contributed by atoms with Gasteiger partial charge in [-0.3, -0.25) is 4.79 Å². The van der Waals surface area contributed by atoms with E-state index in [2.05, 4.69) is 26.0 Å². The number of hydrogen-bond donors (Lipinski definition) is 0. The van der Waals surface area contributed by atoms with Gasteiger partial charge in [-0.15, -0.1) is 0 Å². The molecule has 2 aliphatic carbocycles. The lowest BCUT2D eigenvalue weighted by molar-refractivity contribution is 0.332. The quantitative estimate of drug-likeness (QED) is 0.815. The maximum atomic E-state index is 12.2. The maximum absolute atomic E-state index is 12.2. The Morgan fingerprint density at radius 3 is 2.41 bits per heavy atom. The molecule has 1 saturated heterocycles. The number of anilines is 1. The van der Waals surface area contributed by atoms with E-state index < -0.39 is 0 Å². The third kappa shape index (κ3) is 3.62. The second-order valence-corrected chi connectivity index (χ2v) is 8.41. The molecule has 0 unspecified atom stereocenters. The zero-order valence-electron chi connectivity index (χ0n) is 15.8. The van der Waals surface area contributed by atoms with Crippen LogP contribution in [0.1, 0.15) is 68.2 Å². The van der Waals surface area contributed by atoms with E-state index in [-0.39, 0.29) is 5.56 Å². The molecule has 3 heterocycles. The first-order chi connectivity index (χ1) is 13.3. The van der Waals surface area contributed by atoms with Gasteiger partial charge in [-0.25, -0.2) is 14.6 Å². The molecule has 2 aromatic heterocycles. The molecule has 0 atom stereocenters. The maximum Gasteiger partial charge on any atom is 0.266 e. The largest absolute Gasteiger partial charge is 0.356 e. The molecule has 2 saturated carbocycles. The smallest absolute Gasteiger partial charge is 0.266 e. The minimum Gasteiger partial charge on any atom is -0.356 e. The second-order valence-electron chi connectivity index (χ2n) is 8.41. The van der Waals surface area contributed by atoms with Gasteiger partial charge in [0, 0.05) is 49.3 Å². The van der Waals surface area contributed by atoms with E-state index in [9.17, 15) is 4.79 Å². The summed E-state index contributed by atoms with van der Waals surface area (Å²) in [5.41, 5.74) is 2.33. The Bertz CT molecular complexity index is 863. The first kappa shape index (κ1) is 16.9. The molecule has 142 valence electrons. The minimum atomic E-state index is 0.0303. The van der Waals surface area contributed by atoms with Gasteiger partial charge in [-0.05, 0) is 50.5 Å². The van der Waals surface area contributed by atoms with Crippen molar-refractivity contribution in [1.29, 1.82) is 0 Å². The molecule has 0 spiro atoms. The van der Waals surface area contributed by atoms with Crippen molar-refractivity contribution in [3.63, 3.8) is 0 Å². The third-order valence-electron chi connectivity index (χ3n) is 6.45. The standard InChI is InChI=1S/C21H27N5O/c27-21-7-6-18(17-4-5-17)24-26(21)13-15-8-10-25(11-9-15)20-12-19(22-14-23-20)16-2-1-3-16/h6-7,12,14-17H,1-5,8-11,13H2. The van der Waals surface area contributed by atoms with E-state index in [1.807, 2.05) is 6.07 Å². The van der Waals surface area contributed by atoms with Gasteiger partial charge in [-0.1, -0.05) is 6.42 Å². The Labute approximate surface area is 159 Å². The zero-order chi connectivity index (χ0) is 18.2. The van der Waals surface area contributed by atoms with Crippen LogP contribution in [-0.4, -0.2) is 32.8 Å². The van der Waals surface area contributed by atoms with Crippen LogP contribution in [0.2, 0.25) is 0 Å². The van der Waals surface area contributed by atoms with Crippen molar-refractivity contribution in [3.05, 3.63) is 46.3 Å². The highest BCUT2D eigenvalue weighted by Gasteiger charge is 2.27. The molecule has 0 amide bonds. The molecule has 3 fully saturated rings. The number of hydrogen-bond acceptors (Lipinski definition) is 5. The molecule has 1 aliphatic heterocycles. The van der Waals surface area contributed by atoms with Gasteiger partial charge in [0.25, 0.3) is 5.56 Å². The average molecular weight is 365 g/mol. The van der Waals surface area contributed by atoms with Gasteiger partial charge in [0.2, 0.25) is 0 Å². The van der Waals surface area contributed by atoms with Crippen LogP contribution in [0.4, 0.5) is 5.82 Å². The highest BCUT2D eigenvalue weighted by Crippen LogP contribution is 2.38. The molecular formula is C21H27N5O. The van der Waals surface area contributed by atoms with Crippen molar-refractivity contribution in [1.82, 2.24) is 19.7 Å². The molecule has 2 aromatic rings. The first-order valence-corrected chi connectivity index (χ1v) is 10.4. The van der Waals surface area contributed by atoms with E-state index in [0.29, 0.717) is 17.8 Å². The summed E-state index contributed by atoms with van der Waals surface area (Å²) in [5, 5.41) is 4.62. The molecular weight excluding hydrogens is 338 g/mol. The Hall–Kier alpha value is -2.24. The van der Waals surface area contributed by atoms with E-state index in [0.717, 1.165) is 44.0 Å². The highest BCUT2D eigenvalue weighted by molar-refractivity contribution is 5.40. The molecule has 3 aliphatic rings. The summed E-state index contributed by atoms with van der Waals surface area (Å²) in [5.74, 6) is 2.80. The second kappa shape index (κ2) is 7.06. The van der Waals surface area contributed by atoms with Crippen LogP contribution in [0.15, 0.2) is 29.3 Å². The lowest BCUT2D eigenvalue weighted by atomic mass is 9.83. The monoisotopic (exact) mass is 365 g/mol. The first-order valence-electron chi connectivity index (χ1n) is 10.4. The summed E-state index contributed by atoms with van der Waals surface area (Å²) >= 11 is 0. The Kier molecular flexibility index (Phi) is 4.42. The van der Waals surface area contributed by atoms with Crippen LogP contribution in [-0.2, 0) is 6.54 Å². The molecule has 0 bridgehead atoms. The lowest BCUT2D eigenvalue weighted by Crippen LogP contribution is -2.37. The Morgan fingerprint density at radius 1 is 0.926 bits per heavy atom. The van der Waals surface area contributed by atoms with Crippen molar-refractivity contribution in [2.75, 3.05) is 18.0 Å². The number of nitrogens with zero attached hydrogens (tertiary/aromatic N) is 5. The number of piperidine rings is 1. The van der Waals surface area contributed by atoms with Crippen LogP contribution in [0.25, 0.3) is 0 Å². The van der Waals surface area contributed by atoms with E-state index in [1.54, 1.807) is 17.1 Å². The molecule has 0 radical (unpaired) electrons. The lowest BCUT2D eigenvalue weighted by Gasteiger charge is -2.33. The predicted molar refractivity (Wildman–Crippen MR) is 104 cm³/mol. The summed E-state index contributed by atoms with van der Waals surface area (Å²) in [4.78, 5) is 23.5. The van der Waals surface area contributed by atoms with Crippen LogP contribution in [0.5, 0.6) is 0 Å². The van der Waals surface area contributed by atoms with Gasteiger partial charge in [0.15, 0.2) is 0 Å². The predicted octanol–water partition coefficient (Wildman–Crippen LogP) is 3.09. The van der Waals surface area contributed by atoms with E-state index in [4.69, 9.17) is 0 Å². The third-order valence-corrected chi connectivity index (χ3v) is 6.45. The van der Waals surface area contributed by atoms with Gasteiger partial charge in [-0.2, -0.15) is 5.10 Å². The summed E-state index contributed by atoms with van der Waals surface area (Å²) in [6.07, 6.45) is 10.2. The van der Waals surface area contributed by atoms with Crippen molar-refractivity contribution in [2.24, 2.45) is 5.92 Å².